The van der Waals surface area contributed by atoms with Gasteiger partial charge in [0.15, 0.2) is 0 Å². The smallest absolute Gasteiger partial charge is 0.410 e. The fraction of sp³-hybridized carbons (Fsp3) is 0.926. The Hall–Kier alpha value is -0.890. The maximum absolute atomic E-state index is 13.1. The fourth-order valence-corrected chi connectivity index (χ4v) is 6.18. The largest absolute Gasteiger partial charge is 0.444 e. The molecule has 1 amide bonds. The van der Waals surface area contributed by atoms with Crippen LogP contribution in [0.15, 0.2) is 4.99 Å². The average molecular weight is 513 g/mol. The van der Waals surface area contributed by atoms with Gasteiger partial charge >= 0.3 is 6.09 Å². The molecule has 0 aromatic rings. The van der Waals surface area contributed by atoms with E-state index in [1.807, 2.05) is 31.9 Å². The summed E-state index contributed by atoms with van der Waals surface area (Å²) in [5.41, 5.74) is -1.02. The molecule has 2 heterocycles. The SMILES string of the molecule is CC(C)CN(C(O)C1C=N[C@@H](C(C)(C)C)NC1Cl)C1CN(C(=O)OC(C)(C)C)CC2CCCCC21. The number of fused-ring (bicyclic) bond motifs is 1. The van der Waals surface area contributed by atoms with Gasteiger partial charge in [0.2, 0.25) is 0 Å². The molecule has 6 unspecified atom stereocenters. The monoisotopic (exact) mass is 512 g/mol. The van der Waals surface area contributed by atoms with Gasteiger partial charge in [0.25, 0.3) is 0 Å². The van der Waals surface area contributed by atoms with Crippen molar-refractivity contribution in [2.75, 3.05) is 19.6 Å². The number of piperidine rings is 1. The van der Waals surface area contributed by atoms with E-state index in [0.29, 0.717) is 24.3 Å². The van der Waals surface area contributed by atoms with E-state index in [1.165, 1.54) is 12.8 Å². The molecule has 0 spiro atoms. The number of hydrogen-bond acceptors (Lipinski definition) is 6. The number of alkyl halides is 1. The summed E-state index contributed by atoms with van der Waals surface area (Å²) in [4.78, 5) is 21.9. The second kappa shape index (κ2) is 11.2. The van der Waals surface area contributed by atoms with Crippen LogP contribution >= 0.6 is 11.6 Å². The van der Waals surface area contributed by atoms with Crippen LogP contribution in [0.3, 0.4) is 0 Å². The molecule has 0 radical (unpaired) electrons. The zero-order valence-corrected chi connectivity index (χ0v) is 23.9. The molecule has 202 valence electrons. The number of hydrogen-bond donors (Lipinski definition) is 2. The van der Waals surface area contributed by atoms with E-state index in [0.717, 1.165) is 25.9 Å². The highest BCUT2D eigenvalue weighted by molar-refractivity contribution is 6.21. The third-order valence-electron chi connectivity index (χ3n) is 7.54. The van der Waals surface area contributed by atoms with Gasteiger partial charge in [-0.3, -0.25) is 15.2 Å². The minimum Gasteiger partial charge on any atom is -0.444 e. The van der Waals surface area contributed by atoms with Crippen molar-refractivity contribution >= 4 is 23.9 Å². The van der Waals surface area contributed by atoms with Gasteiger partial charge in [-0.15, -0.1) is 11.6 Å². The molecule has 0 aromatic heterocycles. The average Bonchev–Trinajstić information content (AvgIpc) is 2.74. The van der Waals surface area contributed by atoms with E-state index in [9.17, 15) is 9.90 Å². The molecule has 0 aromatic carbocycles. The Morgan fingerprint density at radius 1 is 1.20 bits per heavy atom. The van der Waals surface area contributed by atoms with Gasteiger partial charge in [-0.1, -0.05) is 47.5 Å². The summed E-state index contributed by atoms with van der Waals surface area (Å²) in [7, 11) is 0. The van der Waals surface area contributed by atoms with Crippen LogP contribution in [0.25, 0.3) is 0 Å². The third kappa shape index (κ3) is 7.33. The van der Waals surface area contributed by atoms with Gasteiger partial charge in [-0.25, -0.2) is 4.79 Å². The lowest BCUT2D eigenvalue weighted by Gasteiger charge is -2.52. The van der Waals surface area contributed by atoms with Crippen molar-refractivity contribution in [2.24, 2.45) is 34.1 Å². The molecule has 7 nitrogen and oxygen atoms in total. The van der Waals surface area contributed by atoms with E-state index in [-0.39, 0.29) is 29.6 Å². The van der Waals surface area contributed by atoms with E-state index in [4.69, 9.17) is 21.3 Å². The molecule has 8 heteroatoms. The number of amides is 1. The van der Waals surface area contributed by atoms with Crippen LogP contribution in [0.4, 0.5) is 4.79 Å². The van der Waals surface area contributed by atoms with Crippen LogP contribution in [-0.2, 0) is 4.74 Å². The van der Waals surface area contributed by atoms with Crippen molar-refractivity contribution in [2.45, 2.75) is 111 Å². The van der Waals surface area contributed by atoms with Crippen molar-refractivity contribution in [1.29, 1.82) is 0 Å². The Bertz CT molecular complexity index is 748. The Morgan fingerprint density at radius 3 is 2.43 bits per heavy atom. The molecule has 1 aliphatic carbocycles. The number of nitrogens with one attached hydrogen (secondary N) is 1. The Kier molecular flexibility index (Phi) is 9.21. The molecule has 2 aliphatic heterocycles. The van der Waals surface area contributed by atoms with Gasteiger partial charge in [-0.2, -0.15) is 0 Å². The zero-order valence-electron chi connectivity index (χ0n) is 23.1. The maximum atomic E-state index is 13.1. The molecule has 7 atom stereocenters. The van der Waals surface area contributed by atoms with Crippen LogP contribution in [-0.4, -0.2) is 76.4 Å². The molecular formula is C27H49ClN4O3. The molecule has 35 heavy (non-hydrogen) atoms. The standard InChI is InChI=1S/C27H49ClN4O3/c1-17(2)14-32(23(33)20-13-29-24(26(3,4)5)30-22(20)28)21-16-31(25(34)35-27(6,7)8)15-18-11-9-10-12-19(18)21/h13,17-24,30,33H,9-12,14-16H2,1-8H3/t18?,19?,20?,21?,22?,23?,24-/m1/s1. The Labute approximate surface area is 218 Å². The molecule has 3 rings (SSSR count). The summed E-state index contributed by atoms with van der Waals surface area (Å²) in [5, 5.41) is 15.2. The quantitative estimate of drug-likeness (QED) is 0.311. The van der Waals surface area contributed by atoms with Crippen LogP contribution < -0.4 is 5.32 Å². The molecule has 2 N–H and O–H groups in total. The first kappa shape index (κ1) is 28.7. The number of aliphatic imine (C=N–C) groups is 1. The molecular weight excluding hydrogens is 464 g/mol. The highest BCUT2D eigenvalue weighted by Crippen LogP contribution is 2.40. The second-order valence-corrected chi connectivity index (χ2v) is 13.8. The summed E-state index contributed by atoms with van der Waals surface area (Å²) in [6.45, 7) is 18.5. The van der Waals surface area contributed by atoms with E-state index < -0.39 is 17.3 Å². The van der Waals surface area contributed by atoms with E-state index >= 15 is 0 Å². The highest BCUT2D eigenvalue weighted by Gasteiger charge is 2.47. The van der Waals surface area contributed by atoms with Crippen molar-refractivity contribution in [3.8, 4) is 0 Å². The summed E-state index contributed by atoms with van der Waals surface area (Å²) in [6, 6.07) is 0.0524. The first-order valence-electron chi connectivity index (χ1n) is 13.5. The fourth-order valence-electron chi connectivity index (χ4n) is 5.86. The highest BCUT2D eigenvalue weighted by atomic mass is 35.5. The van der Waals surface area contributed by atoms with E-state index in [2.05, 4.69) is 44.8 Å². The molecule has 1 saturated heterocycles. The van der Waals surface area contributed by atoms with Crippen molar-refractivity contribution in [3.05, 3.63) is 0 Å². The minimum absolute atomic E-state index is 0.0524. The van der Waals surface area contributed by atoms with Crippen LogP contribution in [0.1, 0.15) is 81.1 Å². The predicted octanol–water partition coefficient (Wildman–Crippen LogP) is 4.92. The van der Waals surface area contributed by atoms with Crippen molar-refractivity contribution in [1.82, 2.24) is 15.1 Å². The van der Waals surface area contributed by atoms with Gasteiger partial charge in [-0.05, 0) is 56.8 Å². The summed E-state index contributed by atoms with van der Waals surface area (Å²) in [5.74, 6) is 0.883. The molecule has 3 aliphatic rings. The molecule has 0 bridgehead atoms. The maximum Gasteiger partial charge on any atom is 0.410 e. The third-order valence-corrected chi connectivity index (χ3v) is 7.96. The topological polar surface area (TPSA) is 77.4 Å². The first-order valence-corrected chi connectivity index (χ1v) is 14.0. The number of halogens is 1. The number of aliphatic hydroxyl groups excluding tert-OH is 1. The summed E-state index contributed by atoms with van der Waals surface area (Å²) >= 11 is 6.81. The minimum atomic E-state index is -0.789. The second-order valence-electron chi connectivity index (χ2n) is 13.4. The Balaban J connectivity index is 1.88. The predicted molar refractivity (Wildman–Crippen MR) is 143 cm³/mol. The zero-order chi connectivity index (χ0) is 26.1. The number of likely N-dealkylation sites (tertiary alicyclic amines) is 1. The molecule has 2 fully saturated rings. The number of ether oxygens (including phenoxy) is 1. The van der Waals surface area contributed by atoms with Gasteiger partial charge in [0, 0.05) is 31.9 Å². The van der Waals surface area contributed by atoms with Gasteiger partial charge in [0.05, 0.1) is 11.4 Å². The lowest BCUT2D eigenvalue weighted by molar-refractivity contribution is -0.104. The normalized spacial score (nSPS) is 33.1. The van der Waals surface area contributed by atoms with Crippen LogP contribution in [0, 0.1) is 29.1 Å². The van der Waals surface area contributed by atoms with Gasteiger partial charge < -0.3 is 14.7 Å². The number of rotatable bonds is 5. The van der Waals surface area contributed by atoms with E-state index in [1.54, 1.807) is 0 Å². The number of aliphatic hydroxyl groups is 1. The van der Waals surface area contributed by atoms with Crippen LogP contribution in [0.5, 0.6) is 0 Å². The number of nitrogens with zero attached hydrogens (tertiary/aromatic N) is 3. The Morgan fingerprint density at radius 2 is 1.86 bits per heavy atom. The first-order chi connectivity index (χ1) is 16.2. The van der Waals surface area contributed by atoms with Crippen molar-refractivity contribution in [3.63, 3.8) is 0 Å². The lowest BCUT2D eigenvalue weighted by atomic mass is 9.71. The summed E-state index contributed by atoms with van der Waals surface area (Å²) in [6.07, 6.45) is 5.36. The lowest BCUT2D eigenvalue weighted by Crippen LogP contribution is -2.64. The number of carbonyl (C=O) groups excluding carboxylic acids is 1. The number of carbonyl (C=O) groups is 1. The van der Waals surface area contributed by atoms with Crippen molar-refractivity contribution < 1.29 is 14.6 Å². The summed E-state index contributed by atoms with van der Waals surface area (Å²) < 4.78 is 5.76. The molecule has 1 saturated carbocycles. The van der Waals surface area contributed by atoms with Crippen LogP contribution in [0.2, 0.25) is 0 Å². The van der Waals surface area contributed by atoms with Gasteiger partial charge in [0.1, 0.15) is 18.0 Å².